The van der Waals surface area contributed by atoms with Gasteiger partial charge in [0.1, 0.15) is 0 Å². The number of carbonyl (C=O) groups is 2. The quantitative estimate of drug-likeness (QED) is 0.544. The molecule has 7 nitrogen and oxygen atoms in total. The summed E-state index contributed by atoms with van der Waals surface area (Å²) in [4.78, 5) is 31.9. The van der Waals surface area contributed by atoms with E-state index in [2.05, 4.69) is 9.80 Å². The highest BCUT2D eigenvalue weighted by Gasteiger charge is 2.41. The third-order valence-electron chi connectivity index (χ3n) is 7.41. The van der Waals surface area contributed by atoms with Crippen molar-refractivity contribution in [2.45, 2.75) is 44.4 Å². The molecule has 8 heteroatoms. The minimum absolute atomic E-state index is 0.122. The summed E-state index contributed by atoms with van der Waals surface area (Å²) in [7, 11) is 1.83. The molecule has 0 amide bonds. The fraction of sp³-hybridized carbons (Fsp3) is 0.538. The topological polar surface area (TPSA) is 84.3 Å². The van der Waals surface area contributed by atoms with Gasteiger partial charge in [0, 0.05) is 49.4 Å². The predicted octanol–water partition coefficient (Wildman–Crippen LogP) is 4.02. The van der Waals surface area contributed by atoms with Crippen molar-refractivity contribution < 1.29 is 19.8 Å². The van der Waals surface area contributed by atoms with Gasteiger partial charge in [-0.2, -0.15) is 0 Å². The third kappa shape index (κ3) is 5.16. The number of aliphatic carboxylic acids is 2. The minimum Gasteiger partial charge on any atom is -0.478 e. The Morgan fingerprint density at radius 3 is 1.71 bits per heavy atom. The van der Waals surface area contributed by atoms with Crippen LogP contribution in [0, 0.1) is 0 Å². The second-order valence-corrected chi connectivity index (χ2v) is 9.85. The van der Waals surface area contributed by atoms with Gasteiger partial charge in [-0.1, -0.05) is 29.8 Å². The summed E-state index contributed by atoms with van der Waals surface area (Å²) in [5.41, 5.74) is 2.15. The molecule has 0 bridgehead atoms. The van der Waals surface area contributed by atoms with Crippen LogP contribution >= 0.6 is 11.6 Å². The summed E-state index contributed by atoms with van der Waals surface area (Å²) in [6, 6.07) is 7.01. The molecular formula is C26H34ClN3O4. The van der Waals surface area contributed by atoms with Crippen molar-refractivity contribution in [3.8, 4) is 0 Å². The van der Waals surface area contributed by atoms with Gasteiger partial charge in [0.25, 0.3) is 0 Å². The molecule has 0 radical (unpaired) electrons. The number of halogens is 1. The lowest BCUT2D eigenvalue weighted by Gasteiger charge is -2.38. The summed E-state index contributed by atoms with van der Waals surface area (Å²) in [5, 5.41) is 21.1. The molecule has 2 fully saturated rings. The van der Waals surface area contributed by atoms with Crippen molar-refractivity contribution in [3.05, 3.63) is 57.4 Å². The fourth-order valence-corrected chi connectivity index (χ4v) is 5.91. The van der Waals surface area contributed by atoms with E-state index in [4.69, 9.17) is 11.6 Å². The van der Waals surface area contributed by atoms with E-state index in [0.29, 0.717) is 34.8 Å². The molecule has 0 unspecified atom stereocenters. The van der Waals surface area contributed by atoms with Crippen molar-refractivity contribution in [3.63, 3.8) is 0 Å². The highest BCUT2D eigenvalue weighted by Crippen LogP contribution is 2.45. The molecule has 3 aliphatic heterocycles. The number of likely N-dealkylation sites (tertiary alicyclic amines) is 2. The standard InChI is InChI=1S/C26H34ClN3O4/c1-28-20(10-16-29-12-4-5-13-29)23(25(31)32)22(18-8-2-3-9-19(18)27)24(26(33)34)21(28)11-17-30-14-6-7-15-30/h2-3,8-9,22H,4-7,10-17H2,1H3,(H,31,32)(H,33,34). The van der Waals surface area contributed by atoms with E-state index in [0.717, 1.165) is 65.0 Å². The maximum absolute atomic E-state index is 12.7. The van der Waals surface area contributed by atoms with Crippen molar-refractivity contribution >= 4 is 23.5 Å². The van der Waals surface area contributed by atoms with Gasteiger partial charge in [0.05, 0.1) is 17.1 Å². The largest absolute Gasteiger partial charge is 0.478 e. The van der Waals surface area contributed by atoms with Crippen LogP contribution in [0.2, 0.25) is 5.02 Å². The Kier molecular flexibility index (Phi) is 7.96. The molecule has 0 aromatic heterocycles. The number of carboxylic acid groups (broad SMARTS) is 2. The molecular weight excluding hydrogens is 454 g/mol. The summed E-state index contributed by atoms with van der Waals surface area (Å²) < 4.78 is 0. The number of carboxylic acids is 2. The highest BCUT2D eigenvalue weighted by molar-refractivity contribution is 6.31. The Hall–Kier alpha value is -2.35. The monoisotopic (exact) mass is 487 g/mol. The van der Waals surface area contributed by atoms with Crippen LogP contribution in [0.5, 0.6) is 0 Å². The minimum atomic E-state index is -1.09. The Morgan fingerprint density at radius 1 is 0.853 bits per heavy atom. The first-order valence-electron chi connectivity index (χ1n) is 12.2. The molecule has 2 N–H and O–H groups in total. The lowest BCUT2D eigenvalue weighted by atomic mass is 9.78. The van der Waals surface area contributed by atoms with E-state index in [9.17, 15) is 19.8 Å². The molecule has 3 aliphatic rings. The average Bonchev–Trinajstić information content (AvgIpc) is 3.51. The Labute approximate surface area is 206 Å². The van der Waals surface area contributed by atoms with Gasteiger partial charge < -0.3 is 24.9 Å². The van der Waals surface area contributed by atoms with Crippen LogP contribution in [0.25, 0.3) is 0 Å². The molecule has 34 heavy (non-hydrogen) atoms. The number of hydrogen-bond donors (Lipinski definition) is 2. The van der Waals surface area contributed by atoms with Crippen LogP contribution in [0.1, 0.15) is 50.0 Å². The van der Waals surface area contributed by atoms with Crippen molar-refractivity contribution in [2.75, 3.05) is 46.3 Å². The first kappa shape index (κ1) is 24.8. The average molecular weight is 488 g/mol. The van der Waals surface area contributed by atoms with E-state index < -0.39 is 17.9 Å². The van der Waals surface area contributed by atoms with Gasteiger partial charge in [0.15, 0.2) is 0 Å². The van der Waals surface area contributed by atoms with Gasteiger partial charge in [0.2, 0.25) is 0 Å². The zero-order valence-electron chi connectivity index (χ0n) is 19.8. The summed E-state index contributed by atoms with van der Waals surface area (Å²) >= 11 is 6.53. The summed E-state index contributed by atoms with van der Waals surface area (Å²) in [6.07, 6.45) is 5.75. The number of rotatable bonds is 9. The molecule has 184 valence electrons. The smallest absolute Gasteiger partial charge is 0.334 e. The lowest BCUT2D eigenvalue weighted by molar-refractivity contribution is -0.133. The van der Waals surface area contributed by atoms with E-state index in [-0.39, 0.29) is 11.1 Å². The molecule has 3 heterocycles. The lowest BCUT2D eigenvalue weighted by Crippen LogP contribution is -2.36. The van der Waals surface area contributed by atoms with Gasteiger partial charge in [-0.05, 0) is 63.5 Å². The number of nitrogens with zero attached hydrogens (tertiary/aromatic N) is 3. The van der Waals surface area contributed by atoms with Crippen LogP contribution in [0.4, 0.5) is 0 Å². The van der Waals surface area contributed by atoms with Crippen LogP contribution in [0.15, 0.2) is 46.8 Å². The first-order valence-corrected chi connectivity index (χ1v) is 12.6. The van der Waals surface area contributed by atoms with Gasteiger partial charge >= 0.3 is 11.9 Å². The molecule has 1 aromatic carbocycles. The normalized spacial score (nSPS) is 20.6. The van der Waals surface area contributed by atoms with Crippen molar-refractivity contribution in [1.82, 2.24) is 14.7 Å². The van der Waals surface area contributed by atoms with Crippen LogP contribution in [-0.2, 0) is 9.59 Å². The maximum atomic E-state index is 12.7. The molecule has 0 aliphatic carbocycles. The number of benzene rings is 1. The van der Waals surface area contributed by atoms with Gasteiger partial charge in [-0.3, -0.25) is 0 Å². The Morgan fingerprint density at radius 2 is 1.29 bits per heavy atom. The summed E-state index contributed by atoms with van der Waals surface area (Å²) in [6.45, 7) is 5.59. The van der Waals surface area contributed by atoms with Crippen LogP contribution < -0.4 is 0 Å². The zero-order valence-corrected chi connectivity index (χ0v) is 20.6. The maximum Gasteiger partial charge on any atom is 0.334 e. The van der Waals surface area contributed by atoms with Crippen LogP contribution in [-0.4, -0.2) is 83.2 Å². The molecule has 0 spiro atoms. The van der Waals surface area contributed by atoms with E-state index in [1.165, 1.54) is 0 Å². The van der Waals surface area contributed by atoms with E-state index in [1.807, 2.05) is 11.9 Å². The molecule has 0 saturated carbocycles. The third-order valence-corrected chi connectivity index (χ3v) is 7.76. The van der Waals surface area contributed by atoms with Gasteiger partial charge in [-0.15, -0.1) is 0 Å². The Balaban J connectivity index is 1.79. The molecule has 0 atom stereocenters. The summed E-state index contributed by atoms with van der Waals surface area (Å²) in [5.74, 6) is -3.10. The van der Waals surface area contributed by atoms with E-state index in [1.54, 1.807) is 24.3 Å². The predicted molar refractivity (Wildman–Crippen MR) is 132 cm³/mol. The molecule has 2 saturated heterocycles. The SMILES string of the molecule is CN1C(CCN2CCCC2)=C(C(=O)O)C(c2ccccc2Cl)C(C(=O)O)=C1CCN1CCCC1. The van der Waals surface area contributed by atoms with Crippen molar-refractivity contribution in [1.29, 1.82) is 0 Å². The second-order valence-electron chi connectivity index (χ2n) is 9.44. The van der Waals surface area contributed by atoms with Crippen LogP contribution in [0.3, 0.4) is 0 Å². The van der Waals surface area contributed by atoms with Gasteiger partial charge in [-0.25, -0.2) is 9.59 Å². The molecule has 4 rings (SSSR count). The van der Waals surface area contributed by atoms with Crippen molar-refractivity contribution in [2.24, 2.45) is 0 Å². The highest BCUT2D eigenvalue weighted by atomic mass is 35.5. The Bertz CT molecular complexity index is 938. The first-order chi connectivity index (χ1) is 16.4. The number of hydrogen-bond acceptors (Lipinski definition) is 5. The second kappa shape index (κ2) is 10.9. The fourth-order valence-electron chi connectivity index (χ4n) is 5.66. The zero-order chi connectivity index (χ0) is 24.2. The van der Waals surface area contributed by atoms with E-state index >= 15 is 0 Å². The molecule has 1 aromatic rings.